The van der Waals surface area contributed by atoms with Gasteiger partial charge in [-0.05, 0) is 25.4 Å². The van der Waals surface area contributed by atoms with Crippen LogP contribution in [-0.2, 0) is 10.0 Å². The van der Waals surface area contributed by atoms with Crippen LogP contribution >= 0.6 is 11.8 Å². The standard InChI is InChI=1S/C9H15N3O2S2/c1-8(3-6-15-2)12-16(13,14)9-7-10-4-5-11-9/h4-5,7-8,12H,3,6H2,1-2H3. The molecule has 0 aliphatic rings. The maximum absolute atomic E-state index is 11.8. The van der Waals surface area contributed by atoms with E-state index in [0.29, 0.717) is 0 Å². The lowest BCUT2D eigenvalue weighted by atomic mass is 10.3. The summed E-state index contributed by atoms with van der Waals surface area (Å²) in [5, 5.41) is -0.0361. The Kier molecular flexibility index (Phi) is 5.17. The van der Waals surface area contributed by atoms with Crippen LogP contribution in [-0.4, -0.2) is 36.4 Å². The molecule has 0 amide bonds. The van der Waals surface area contributed by atoms with Crippen molar-refractivity contribution in [2.75, 3.05) is 12.0 Å². The van der Waals surface area contributed by atoms with Crippen molar-refractivity contribution in [3.63, 3.8) is 0 Å². The molecule has 0 radical (unpaired) electrons. The van der Waals surface area contributed by atoms with Crippen LogP contribution in [0.4, 0.5) is 0 Å². The predicted octanol–water partition coefficient (Wildman–Crippen LogP) is 0.897. The van der Waals surface area contributed by atoms with Crippen molar-refractivity contribution in [1.29, 1.82) is 0 Å². The highest BCUT2D eigenvalue weighted by Crippen LogP contribution is 2.06. The molecular formula is C9H15N3O2S2. The molecule has 90 valence electrons. The Morgan fingerprint density at radius 1 is 1.50 bits per heavy atom. The molecule has 0 aliphatic carbocycles. The lowest BCUT2D eigenvalue weighted by Crippen LogP contribution is -2.33. The van der Waals surface area contributed by atoms with E-state index in [2.05, 4.69) is 14.7 Å². The topological polar surface area (TPSA) is 72.0 Å². The Hall–Kier alpha value is -0.660. The Morgan fingerprint density at radius 2 is 2.25 bits per heavy atom. The summed E-state index contributed by atoms with van der Waals surface area (Å²) in [6.07, 6.45) is 6.82. The number of aromatic nitrogens is 2. The molecule has 0 saturated heterocycles. The summed E-state index contributed by atoms with van der Waals surface area (Å²) >= 11 is 1.69. The Labute approximate surface area is 100 Å². The van der Waals surface area contributed by atoms with E-state index in [9.17, 15) is 8.42 Å². The highest BCUT2D eigenvalue weighted by molar-refractivity contribution is 7.98. The maximum atomic E-state index is 11.8. The van der Waals surface area contributed by atoms with Crippen LogP contribution < -0.4 is 4.72 Å². The lowest BCUT2D eigenvalue weighted by molar-refractivity contribution is 0.553. The number of sulfonamides is 1. The van der Waals surface area contributed by atoms with E-state index >= 15 is 0 Å². The summed E-state index contributed by atoms with van der Waals surface area (Å²) in [6, 6.07) is -0.0977. The van der Waals surface area contributed by atoms with Gasteiger partial charge in [-0.2, -0.15) is 11.8 Å². The first-order chi connectivity index (χ1) is 7.56. The molecule has 1 atom stereocenters. The van der Waals surface area contributed by atoms with Gasteiger partial charge in [0.2, 0.25) is 0 Å². The van der Waals surface area contributed by atoms with Crippen molar-refractivity contribution >= 4 is 21.8 Å². The van der Waals surface area contributed by atoms with Crippen molar-refractivity contribution in [3.8, 4) is 0 Å². The smallest absolute Gasteiger partial charge is 0.259 e. The van der Waals surface area contributed by atoms with E-state index in [4.69, 9.17) is 0 Å². The second-order valence-corrected chi connectivity index (χ2v) is 5.99. The minimum Gasteiger partial charge on any atom is -0.260 e. The van der Waals surface area contributed by atoms with Gasteiger partial charge in [-0.25, -0.2) is 18.1 Å². The minimum absolute atomic E-state index is 0.0361. The first-order valence-electron chi connectivity index (χ1n) is 4.83. The highest BCUT2D eigenvalue weighted by Gasteiger charge is 2.18. The van der Waals surface area contributed by atoms with Crippen molar-refractivity contribution in [1.82, 2.24) is 14.7 Å². The van der Waals surface area contributed by atoms with E-state index in [1.807, 2.05) is 13.2 Å². The van der Waals surface area contributed by atoms with Gasteiger partial charge in [0.25, 0.3) is 10.0 Å². The molecule has 1 unspecified atom stereocenters. The van der Waals surface area contributed by atoms with Gasteiger partial charge < -0.3 is 0 Å². The SMILES string of the molecule is CSCCC(C)NS(=O)(=O)c1cnccn1. The molecule has 7 heteroatoms. The fraction of sp³-hybridized carbons (Fsp3) is 0.556. The van der Waals surface area contributed by atoms with E-state index in [-0.39, 0.29) is 11.1 Å². The predicted molar refractivity (Wildman–Crippen MR) is 64.8 cm³/mol. The van der Waals surface area contributed by atoms with Crippen molar-refractivity contribution in [2.45, 2.75) is 24.4 Å². The fourth-order valence-corrected chi connectivity index (χ4v) is 2.86. The molecule has 0 fully saturated rings. The summed E-state index contributed by atoms with van der Waals surface area (Å²) in [6.45, 7) is 1.84. The van der Waals surface area contributed by atoms with Gasteiger partial charge in [0.05, 0.1) is 6.20 Å². The molecule has 0 aliphatic heterocycles. The summed E-state index contributed by atoms with van der Waals surface area (Å²) in [5.41, 5.74) is 0. The monoisotopic (exact) mass is 261 g/mol. The zero-order chi connectivity index (χ0) is 12.0. The molecule has 1 rings (SSSR count). The number of nitrogens with zero attached hydrogens (tertiary/aromatic N) is 2. The molecule has 1 aromatic rings. The maximum Gasteiger partial charge on any atom is 0.259 e. The number of hydrogen-bond donors (Lipinski definition) is 1. The molecule has 5 nitrogen and oxygen atoms in total. The van der Waals surface area contributed by atoms with Crippen LogP contribution in [0.2, 0.25) is 0 Å². The van der Waals surface area contributed by atoms with Gasteiger partial charge in [-0.15, -0.1) is 0 Å². The van der Waals surface area contributed by atoms with E-state index in [1.165, 1.54) is 18.6 Å². The van der Waals surface area contributed by atoms with Crippen LogP contribution in [0.1, 0.15) is 13.3 Å². The zero-order valence-corrected chi connectivity index (χ0v) is 10.9. The molecular weight excluding hydrogens is 246 g/mol. The quantitative estimate of drug-likeness (QED) is 0.823. The average molecular weight is 261 g/mol. The van der Waals surface area contributed by atoms with Gasteiger partial charge >= 0.3 is 0 Å². The van der Waals surface area contributed by atoms with Crippen LogP contribution in [0.5, 0.6) is 0 Å². The summed E-state index contributed by atoms with van der Waals surface area (Å²) in [7, 11) is -3.52. The van der Waals surface area contributed by atoms with Crippen LogP contribution in [0, 0.1) is 0 Å². The molecule has 0 spiro atoms. The van der Waals surface area contributed by atoms with Crippen LogP contribution in [0.15, 0.2) is 23.6 Å². The van der Waals surface area contributed by atoms with Crippen molar-refractivity contribution in [3.05, 3.63) is 18.6 Å². The Balaban J connectivity index is 2.66. The van der Waals surface area contributed by atoms with Crippen molar-refractivity contribution < 1.29 is 8.42 Å². The molecule has 0 aromatic carbocycles. The molecule has 0 saturated carbocycles. The second kappa shape index (κ2) is 6.17. The van der Waals surface area contributed by atoms with E-state index in [1.54, 1.807) is 11.8 Å². The van der Waals surface area contributed by atoms with Gasteiger partial charge in [-0.1, -0.05) is 0 Å². The van der Waals surface area contributed by atoms with Gasteiger partial charge in [0.1, 0.15) is 0 Å². The minimum atomic E-state index is -3.52. The summed E-state index contributed by atoms with van der Waals surface area (Å²) < 4.78 is 26.1. The van der Waals surface area contributed by atoms with Gasteiger partial charge in [-0.3, -0.25) is 4.98 Å². The average Bonchev–Trinajstić information content (AvgIpc) is 2.27. The van der Waals surface area contributed by atoms with Crippen LogP contribution in [0.25, 0.3) is 0 Å². The Morgan fingerprint density at radius 3 is 2.81 bits per heavy atom. The fourth-order valence-electron chi connectivity index (χ4n) is 1.10. The number of thioether (sulfide) groups is 1. The van der Waals surface area contributed by atoms with E-state index < -0.39 is 10.0 Å². The van der Waals surface area contributed by atoms with Gasteiger partial charge in [0.15, 0.2) is 5.03 Å². The van der Waals surface area contributed by atoms with Gasteiger partial charge in [0, 0.05) is 18.4 Å². The largest absolute Gasteiger partial charge is 0.260 e. The number of nitrogens with one attached hydrogen (secondary N) is 1. The normalized spacial score (nSPS) is 13.6. The molecule has 1 heterocycles. The molecule has 16 heavy (non-hydrogen) atoms. The molecule has 0 bridgehead atoms. The molecule has 1 N–H and O–H groups in total. The summed E-state index contributed by atoms with van der Waals surface area (Å²) in [5.74, 6) is 0.921. The number of rotatable bonds is 6. The first kappa shape index (κ1) is 13.4. The lowest BCUT2D eigenvalue weighted by Gasteiger charge is -2.12. The first-order valence-corrected chi connectivity index (χ1v) is 7.71. The Bertz CT molecular complexity index is 408. The zero-order valence-electron chi connectivity index (χ0n) is 9.25. The highest BCUT2D eigenvalue weighted by atomic mass is 32.2. The third-order valence-corrected chi connectivity index (χ3v) is 4.04. The summed E-state index contributed by atoms with van der Waals surface area (Å²) in [4.78, 5) is 7.50. The third kappa shape index (κ3) is 4.07. The van der Waals surface area contributed by atoms with Crippen molar-refractivity contribution in [2.24, 2.45) is 0 Å². The van der Waals surface area contributed by atoms with Crippen LogP contribution in [0.3, 0.4) is 0 Å². The third-order valence-electron chi connectivity index (χ3n) is 1.93. The number of hydrogen-bond acceptors (Lipinski definition) is 5. The molecule has 1 aromatic heterocycles. The van der Waals surface area contributed by atoms with E-state index in [0.717, 1.165) is 12.2 Å². The second-order valence-electron chi connectivity index (χ2n) is 3.35.